The summed E-state index contributed by atoms with van der Waals surface area (Å²) in [7, 11) is -3.58. The molecule has 4 nitrogen and oxygen atoms in total. The summed E-state index contributed by atoms with van der Waals surface area (Å²) >= 11 is 5.99. The molecule has 6 heteroatoms. The number of aromatic carboxylic acids is 1. The first kappa shape index (κ1) is 16.3. The summed E-state index contributed by atoms with van der Waals surface area (Å²) in [6.07, 6.45) is 4.11. The number of hydrogen-bond donors (Lipinski definition) is 1. The van der Waals surface area contributed by atoms with Crippen LogP contribution in [-0.2, 0) is 9.84 Å². The summed E-state index contributed by atoms with van der Waals surface area (Å²) in [5.41, 5.74) is -0.0554. The molecule has 0 saturated heterocycles. The zero-order valence-corrected chi connectivity index (χ0v) is 13.5. The Hall–Kier alpha value is -1.07. The van der Waals surface area contributed by atoms with E-state index >= 15 is 0 Å². The lowest BCUT2D eigenvalue weighted by molar-refractivity contribution is 0.0696. The van der Waals surface area contributed by atoms with E-state index in [0.717, 1.165) is 19.3 Å². The Kier molecular flexibility index (Phi) is 4.94. The quantitative estimate of drug-likeness (QED) is 0.911. The predicted molar refractivity (Wildman–Crippen MR) is 81.6 cm³/mol. The van der Waals surface area contributed by atoms with Gasteiger partial charge in [0.05, 0.1) is 20.7 Å². The van der Waals surface area contributed by atoms with Gasteiger partial charge in [-0.1, -0.05) is 24.9 Å². The van der Waals surface area contributed by atoms with Gasteiger partial charge < -0.3 is 5.11 Å². The molecule has 1 aliphatic rings. The molecule has 0 amide bonds. The molecule has 0 aromatic heterocycles. The Balaban J connectivity index is 2.32. The molecule has 1 aromatic carbocycles. The zero-order valence-electron chi connectivity index (χ0n) is 11.9. The van der Waals surface area contributed by atoms with Crippen LogP contribution in [0.1, 0.15) is 49.4 Å². The Morgan fingerprint density at radius 3 is 2.43 bits per heavy atom. The molecule has 1 N–H and O–H groups in total. The van der Waals surface area contributed by atoms with E-state index in [1.807, 2.05) is 0 Å². The van der Waals surface area contributed by atoms with Crippen molar-refractivity contribution in [2.24, 2.45) is 5.92 Å². The Morgan fingerprint density at radius 2 is 1.90 bits per heavy atom. The van der Waals surface area contributed by atoms with Crippen molar-refractivity contribution in [2.75, 3.05) is 0 Å². The van der Waals surface area contributed by atoms with E-state index in [4.69, 9.17) is 16.7 Å². The average Bonchev–Trinajstić information content (AvgIpc) is 2.47. The summed E-state index contributed by atoms with van der Waals surface area (Å²) < 4.78 is 25.4. The average molecular weight is 331 g/mol. The van der Waals surface area contributed by atoms with E-state index in [2.05, 4.69) is 6.92 Å². The predicted octanol–water partition coefficient (Wildman–Crippen LogP) is 3.78. The summed E-state index contributed by atoms with van der Waals surface area (Å²) in [6.45, 7) is 2.12. The van der Waals surface area contributed by atoms with Gasteiger partial charge >= 0.3 is 5.97 Å². The molecule has 2 rings (SSSR count). The molecule has 1 fully saturated rings. The second-order valence-corrected chi connectivity index (χ2v) is 8.15. The van der Waals surface area contributed by atoms with Gasteiger partial charge in [-0.3, -0.25) is 0 Å². The van der Waals surface area contributed by atoms with Gasteiger partial charge in [0.2, 0.25) is 0 Å². The highest BCUT2D eigenvalue weighted by molar-refractivity contribution is 7.92. The van der Waals surface area contributed by atoms with Crippen molar-refractivity contribution in [1.82, 2.24) is 0 Å². The van der Waals surface area contributed by atoms with Gasteiger partial charge in [0.25, 0.3) is 0 Å². The Bertz CT molecular complexity index is 631. The Morgan fingerprint density at radius 1 is 1.29 bits per heavy atom. The second kappa shape index (κ2) is 6.36. The van der Waals surface area contributed by atoms with E-state index in [-0.39, 0.29) is 15.5 Å². The monoisotopic (exact) mass is 330 g/mol. The third kappa shape index (κ3) is 3.40. The minimum absolute atomic E-state index is 0.0518. The molecule has 0 spiro atoms. The smallest absolute Gasteiger partial charge is 0.335 e. The fraction of sp³-hybridized carbons (Fsp3) is 0.533. The molecule has 116 valence electrons. The number of carboxylic acids is 1. The number of halogens is 1. The van der Waals surface area contributed by atoms with Crippen molar-refractivity contribution >= 4 is 27.4 Å². The lowest BCUT2D eigenvalue weighted by Crippen LogP contribution is -2.27. The number of hydrogen-bond acceptors (Lipinski definition) is 3. The van der Waals surface area contributed by atoms with Crippen LogP contribution in [-0.4, -0.2) is 24.7 Å². The first-order chi connectivity index (χ1) is 9.86. The third-order valence-electron chi connectivity index (χ3n) is 4.29. The molecule has 0 radical (unpaired) electrons. The van der Waals surface area contributed by atoms with Crippen LogP contribution in [0.2, 0.25) is 5.02 Å². The molecule has 0 unspecified atom stereocenters. The second-order valence-electron chi connectivity index (χ2n) is 5.55. The largest absolute Gasteiger partial charge is 0.478 e. The molecule has 0 heterocycles. The van der Waals surface area contributed by atoms with Crippen LogP contribution in [0.4, 0.5) is 0 Å². The molecular formula is C15H19ClO4S. The number of rotatable bonds is 4. The van der Waals surface area contributed by atoms with Crippen LogP contribution in [0.3, 0.4) is 0 Å². The molecule has 0 aliphatic heterocycles. The van der Waals surface area contributed by atoms with Crippen molar-refractivity contribution in [1.29, 1.82) is 0 Å². The van der Waals surface area contributed by atoms with Gasteiger partial charge in [0.1, 0.15) is 0 Å². The van der Waals surface area contributed by atoms with Crippen molar-refractivity contribution < 1.29 is 18.3 Å². The van der Waals surface area contributed by atoms with E-state index < -0.39 is 21.1 Å². The highest BCUT2D eigenvalue weighted by Gasteiger charge is 2.33. The fourth-order valence-corrected chi connectivity index (χ4v) is 5.21. The van der Waals surface area contributed by atoms with E-state index in [9.17, 15) is 13.2 Å². The van der Waals surface area contributed by atoms with Crippen LogP contribution in [0.5, 0.6) is 0 Å². The molecule has 0 bridgehead atoms. The summed E-state index contributed by atoms with van der Waals surface area (Å²) in [5, 5.41) is 8.64. The summed E-state index contributed by atoms with van der Waals surface area (Å²) in [6, 6.07) is 3.83. The highest BCUT2D eigenvalue weighted by Crippen LogP contribution is 2.35. The van der Waals surface area contributed by atoms with Crippen molar-refractivity contribution in [2.45, 2.75) is 49.2 Å². The van der Waals surface area contributed by atoms with Gasteiger partial charge in [0.15, 0.2) is 9.84 Å². The van der Waals surface area contributed by atoms with E-state index in [0.29, 0.717) is 18.8 Å². The van der Waals surface area contributed by atoms with Gasteiger partial charge in [0, 0.05) is 0 Å². The number of carbonyl (C=O) groups is 1. The fourth-order valence-electron chi connectivity index (χ4n) is 2.88. The van der Waals surface area contributed by atoms with Gasteiger partial charge in [-0.2, -0.15) is 0 Å². The topological polar surface area (TPSA) is 71.4 Å². The maximum absolute atomic E-state index is 12.7. The van der Waals surface area contributed by atoms with E-state index in [1.54, 1.807) is 0 Å². The maximum Gasteiger partial charge on any atom is 0.335 e. The van der Waals surface area contributed by atoms with Gasteiger partial charge in [-0.15, -0.1) is 0 Å². The SMILES string of the molecule is CCC1CCC(S(=O)(=O)c2cc(C(=O)O)ccc2Cl)CC1. The highest BCUT2D eigenvalue weighted by atomic mass is 35.5. The molecule has 1 saturated carbocycles. The van der Waals surface area contributed by atoms with Crippen molar-refractivity contribution in [3.8, 4) is 0 Å². The molecular weight excluding hydrogens is 312 g/mol. The molecule has 21 heavy (non-hydrogen) atoms. The minimum atomic E-state index is -3.58. The van der Waals surface area contributed by atoms with Crippen LogP contribution < -0.4 is 0 Å². The maximum atomic E-state index is 12.7. The van der Waals surface area contributed by atoms with Gasteiger partial charge in [-0.05, 0) is 49.8 Å². The van der Waals surface area contributed by atoms with Gasteiger partial charge in [-0.25, -0.2) is 13.2 Å². The summed E-state index contributed by atoms with van der Waals surface area (Å²) in [5.74, 6) is -0.560. The van der Waals surface area contributed by atoms with Crippen molar-refractivity contribution in [3.05, 3.63) is 28.8 Å². The number of sulfone groups is 1. The minimum Gasteiger partial charge on any atom is -0.478 e. The lowest BCUT2D eigenvalue weighted by atomic mass is 9.87. The molecule has 1 aromatic rings. The Labute approximate surface area is 130 Å². The van der Waals surface area contributed by atoms with E-state index in [1.165, 1.54) is 18.2 Å². The van der Waals surface area contributed by atoms with Crippen molar-refractivity contribution in [3.63, 3.8) is 0 Å². The third-order valence-corrected chi connectivity index (χ3v) is 7.04. The zero-order chi connectivity index (χ0) is 15.6. The first-order valence-corrected chi connectivity index (χ1v) is 9.05. The molecule has 0 atom stereocenters. The van der Waals surface area contributed by atoms with Crippen LogP contribution in [0, 0.1) is 5.92 Å². The van der Waals surface area contributed by atoms with Crippen LogP contribution in [0.15, 0.2) is 23.1 Å². The lowest BCUT2D eigenvalue weighted by Gasteiger charge is -2.27. The number of benzene rings is 1. The first-order valence-electron chi connectivity index (χ1n) is 7.13. The molecule has 1 aliphatic carbocycles. The van der Waals surface area contributed by atoms with Crippen LogP contribution >= 0.6 is 11.6 Å². The summed E-state index contributed by atoms with van der Waals surface area (Å²) in [4.78, 5) is 11.0. The van der Waals surface area contributed by atoms with Crippen LogP contribution in [0.25, 0.3) is 0 Å². The number of carboxylic acid groups (broad SMARTS) is 1. The normalized spacial score (nSPS) is 23.0. The standard InChI is InChI=1S/C15H19ClO4S/c1-2-10-3-6-12(7-4-10)21(19,20)14-9-11(15(17)18)5-8-13(14)16/h5,8-10,12H,2-4,6-7H2,1H3,(H,17,18).